The van der Waals surface area contributed by atoms with E-state index in [1.165, 1.54) is 5.56 Å². The largest absolute Gasteiger partial charge is 0.486 e. The van der Waals surface area contributed by atoms with Gasteiger partial charge in [-0.3, -0.25) is 0 Å². The van der Waals surface area contributed by atoms with Crippen LogP contribution in [0.1, 0.15) is 37.8 Å². The Kier molecular flexibility index (Phi) is 6.59. The number of aryl methyl sites for hydroxylation is 1. The van der Waals surface area contributed by atoms with Gasteiger partial charge in [0, 0.05) is 6.54 Å². The molecule has 1 aliphatic heterocycles. The molecule has 0 spiro atoms. The predicted molar refractivity (Wildman–Crippen MR) is 112 cm³/mol. The van der Waals surface area contributed by atoms with Crippen molar-refractivity contribution in [2.24, 2.45) is 5.92 Å². The van der Waals surface area contributed by atoms with E-state index in [0.29, 0.717) is 6.61 Å². The summed E-state index contributed by atoms with van der Waals surface area (Å²) in [6, 6.07) is 18.7. The lowest BCUT2D eigenvalue weighted by molar-refractivity contribution is 0.0904. The molecular formula is C24H30N2O2. The van der Waals surface area contributed by atoms with E-state index >= 15 is 0 Å². The van der Waals surface area contributed by atoms with Gasteiger partial charge in [-0.1, -0.05) is 50.2 Å². The summed E-state index contributed by atoms with van der Waals surface area (Å²) in [5, 5.41) is 13.5. The molecule has 4 heteroatoms. The first-order valence-electron chi connectivity index (χ1n) is 10.1. The number of hydrogen-bond donors (Lipinski definition) is 1. The van der Waals surface area contributed by atoms with Crippen molar-refractivity contribution in [2.75, 3.05) is 19.7 Å². The monoisotopic (exact) mass is 378 g/mol. The highest BCUT2D eigenvalue weighted by molar-refractivity contribution is 5.41. The number of nitriles is 1. The van der Waals surface area contributed by atoms with Crippen LogP contribution in [0.15, 0.2) is 48.5 Å². The highest BCUT2D eigenvalue weighted by Crippen LogP contribution is 2.38. The third kappa shape index (κ3) is 4.31. The number of rotatable bonds is 8. The second-order valence-corrected chi connectivity index (χ2v) is 7.86. The van der Waals surface area contributed by atoms with Crippen molar-refractivity contribution in [1.82, 2.24) is 5.32 Å². The number of ether oxygens (including phenoxy) is 2. The van der Waals surface area contributed by atoms with Crippen molar-refractivity contribution in [2.45, 2.75) is 45.1 Å². The minimum absolute atomic E-state index is 0.0112. The SMILES string of the molecule is Cc1ccccc1[C@@](C#N)(CCCNC[C@H]1COc2ccccc2O1)C(C)C. The Labute approximate surface area is 168 Å². The average Bonchev–Trinajstić information content (AvgIpc) is 2.71. The fourth-order valence-electron chi connectivity index (χ4n) is 3.97. The van der Waals surface area contributed by atoms with Crippen LogP contribution in [-0.2, 0) is 5.41 Å². The van der Waals surface area contributed by atoms with E-state index in [9.17, 15) is 5.26 Å². The van der Waals surface area contributed by atoms with Gasteiger partial charge < -0.3 is 14.8 Å². The van der Waals surface area contributed by atoms with Crippen molar-refractivity contribution in [3.63, 3.8) is 0 Å². The molecule has 0 aliphatic carbocycles. The fraction of sp³-hybridized carbons (Fsp3) is 0.458. The molecule has 4 nitrogen and oxygen atoms in total. The van der Waals surface area contributed by atoms with Gasteiger partial charge in [-0.15, -0.1) is 0 Å². The second kappa shape index (κ2) is 9.12. The van der Waals surface area contributed by atoms with E-state index in [0.717, 1.165) is 43.0 Å². The molecule has 1 N–H and O–H groups in total. The molecule has 0 amide bonds. The van der Waals surface area contributed by atoms with Gasteiger partial charge in [0.1, 0.15) is 12.7 Å². The summed E-state index contributed by atoms with van der Waals surface area (Å²) >= 11 is 0. The zero-order valence-corrected chi connectivity index (χ0v) is 17.1. The Hall–Kier alpha value is -2.51. The van der Waals surface area contributed by atoms with E-state index in [1.807, 2.05) is 36.4 Å². The standard InChI is InChI=1S/C24H30N2O2/c1-18(2)24(17-25,21-10-5-4-9-19(21)3)13-8-14-26-15-20-16-27-22-11-6-7-12-23(22)28-20/h4-7,9-12,18,20,26H,8,13-16H2,1-3H3/t20-,24+/m0/s1. The topological polar surface area (TPSA) is 54.3 Å². The lowest BCUT2D eigenvalue weighted by atomic mass is 9.68. The zero-order valence-electron chi connectivity index (χ0n) is 17.1. The zero-order chi connectivity index (χ0) is 20.0. The number of fused-ring (bicyclic) bond motifs is 1. The van der Waals surface area contributed by atoms with Gasteiger partial charge in [0.25, 0.3) is 0 Å². The van der Waals surface area contributed by atoms with Crippen molar-refractivity contribution in [3.8, 4) is 17.6 Å². The summed E-state index contributed by atoms with van der Waals surface area (Å²) in [5.41, 5.74) is 1.90. The van der Waals surface area contributed by atoms with Crippen LogP contribution in [0.4, 0.5) is 0 Å². The Morgan fingerprint density at radius 2 is 1.86 bits per heavy atom. The van der Waals surface area contributed by atoms with Gasteiger partial charge in [0.15, 0.2) is 11.5 Å². The van der Waals surface area contributed by atoms with Gasteiger partial charge in [-0.25, -0.2) is 0 Å². The number of nitrogens with zero attached hydrogens (tertiary/aromatic N) is 1. The number of hydrogen-bond acceptors (Lipinski definition) is 4. The first-order valence-corrected chi connectivity index (χ1v) is 10.1. The Morgan fingerprint density at radius 1 is 1.14 bits per heavy atom. The lowest BCUT2D eigenvalue weighted by Gasteiger charge is -2.33. The van der Waals surface area contributed by atoms with Crippen molar-refractivity contribution < 1.29 is 9.47 Å². The molecule has 0 unspecified atom stereocenters. The maximum Gasteiger partial charge on any atom is 0.161 e. The molecule has 2 atom stereocenters. The van der Waals surface area contributed by atoms with Crippen LogP contribution >= 0.6 is 0 Å². The Balaban J connectivity index is 1.52. The fourth-order valence-corrected chi connectivity index (χ4v) is 3.97. The normalized spacial score (nSPS) is 17.8. The Morgan fingerprint density at radius 3 is 2.57 bits per heavy atom. The molecule has 0 aromatic heterocycles. The minimum Gasteiger partial charge on any atom is -0.486 e. The Bertz CT molecular complexity index is 827. The van der Waals surface area contributed by atoms with Crippen LogP contribution < -0.4 is 14.8 Å². The van der Waals surface area contributed by atoms with E-state index in [4.69, 9.17) is 9.47 Å². The van der Waals surface area contributed by atoms with E-state index in [1.54, 1.807) is 0 Å². The van der Waals surface area contributed by atoms with Crippen molar-refractivity contribution in [1.29, 1.82) is 5.26 Å². The van der Waals surface area contributed by atoms with Gasteiger partial charge in [-0.2, -0.15) is 5.26 Å². The molecule has 148 valence electrons. The second-order valence-electron chi connectivity index (χ2n) is 7.86. The molecule has 2 aromatic carbocycles. The average molecular weight is 379 g/mol. The molecule has 1 aliphatic rings. The van der Waals surface area contributed by atoms with E-state index < -0.39 is 5.41 Å². The summed E-state index contributed by atoms with van der Waals surface area (Å²) in [6.45, 7) is 8.53. The van der Waals surface area contributed by atoms with Gasteiger partial charge in [0.05, 0.1) is 11.5 Å². The van der Waals surface area contributed by atoms with Crippen molar-refractivity contribution >= 4 is 0 Å². The quantitative estimate of drug-likeness (QED) is 0.681. The lowest BCUT2D eigenvalue weighted by Crippen LogP contribution is -2.39. The molecular weight excluding hydrogens is 348 g/mol. The van der Waals surface area contributed by atoms with Gasteiger partial charge in [-0.05, 0) is 55.5 Å². The molecule has 0 radical (unpaired) electrons. The minimum atomic E-state index is -0.448. The van der Waals surface area contributed by atoms with Crippen LogP contribution in [-0.4, -0.2) is 25.8 Å². The smallest absolute Gasteiger partial charge is 0.161 e. The molecule has 2 aromatic rings. The van der Waals surface area contributed by atoms with Crippen LogP contribution in [0.3, 0.4) is 0 Å². The number of nitrogens with one attached hydrogen (secondary N) is 1. The molecule has 0 saturated carbocycles. The van der Waals surface area contributed by atoms with Crippen LogP contribution in [0.5, 0.6) is 11.5 Å². The molecule has 28 heavy (non-hydrogen) atoms. The first kappa shape index (κ1) is 20.2. The van der Waals surface area contributed by atoms with Crippen LogP contribution in [0.25, 0.3) is 0 Å². The van der Waals surface area contributed by atoms with E-state index in [-0.39, 0.29) is 12.0 Å². The molecule has 1 heterocycles. The van der Waals surface area contributed by atoms with Crippen LogP contribution in [0, 0.1) is 24.2 Å². The summed E-state index contributed by atoms with van der Waals surface area (Å²) in [5.74, 6) is 1.88. The highest BCUT2D eigenvalue weighted by atomic mass is 16.6. The maximum atomic E-state index is 10.1. The predicted octanol–water partition coefficient (Wildman–Crippen LogP) is 4.62. The molecule has 0 fully saturated rings. The van der Waals surface area contributed by atoms with E-state index in [2.05, 4.69) is 44.3 Å². The third-order valence-electron chi connectivity index (χ3n) is 5.67. The number of para-hydroxylation sites is 2. The maximum absolute atomic E-state index is 10.1. The first-order chi connectivity index (χ1) is 13.6. The third-order valence-corrected chi connectivity index (χ3v) is 5.67. The summed E-state index contributed by atoms with van der Waals surface area (Å²) < 4.78 is 11.7. The highest BCUT2D eigenvalue weighted by Gasteiger charge is 2.36. The molecule has 0 bridgehead atoms. The number of benzene rings is 2. The molecule has 0 saturated heterocycles. The molecule has 3 rings (SSSR count). The van der Waals surface area contributed by atoms with Crippen LogP contribution in [0.2, 0.25) is 0 Å². The summed E-state index contributed by atoms with van der Waals surface area (Å²) in [6.07, 6.45) is 1.78. The summed E-state index contributed by atoms with van der Waals surface area (Å²) in [4.78, 5) is 0. The summed E-state index contributed by atoms with van der Waals surface area (Å²) in [7, 11) is 0. The van der Waals surface area contributed by atoms with Crippen molar-refractivity contribution in [3.05, 3.63) is 59.7 Å². The van der Waals surface area contributed by atoms with Gasteiger partial charge in [0.2, 0.25) is 0 Å². The van der Waals surface area contributed by atoms with Gasteiger partial charge >= 0.3 is 0 Å².